The summed E-state index contributed by atoms with van der Waals surface area (Å²) in [4.78, 5) is 0. The van der Waals surface area contributed by atoms with Crippen LogP contribution in [0.2, 0.25) is 0 Å². The monoisotopic (exact) mass is 146 g/mol. The largest absolute Gasteiger partial charge is 0.393 e. The third-order valence-electron chi connectivity index (χ3n) is 1.93. The van der Waals surface area contributed by atoms with Gasteiger partial charge in [-0.2, -0.15) is 11.8 Å². The fourth-order valence-electron chi connectivity index (χ4n) is 1.33. The number of aliphatic hydroxyl groups excluding tert-OH is 1. The van der Waals surface area contributed by atoms with Crippen molar-refractivity contribution in [2.75, 3.05) is 6.26 Å². The second kappa shape index (κ2) is 3.47. The van der Waals surface area contributed by atoms with Crippen molar-refractivity contribution in [1.82, 2.24) is 0 Å². The van der Waals surface area contributed by atoms with Gasteiger partial charge in [0.2, 0.25) is 0 Å². The summed E-state index contributed by atoms with van der Waals surface area (Å²) in [5.74, 6) is 0. The lowest BCUT2D eigenvalue weighted by molar-refractivity contribution is 0.133. The van der Waals surface area contributed by atoms with E-state index < -0.39 is 0 Å². The van der Waals surface area contributed by atoms with Gasteiger partial charge in [0.1, 0.15) is 0 Å². The minimum Gasteiger partial charge on any atom is -0.393 e. The molecule has 2 heteroatoms. The van der Waals surface area contributed by atoms with Gasteiger partial charge in [-0.15, -0.1) is 0 Å². The second-order valence-corrected chi connectivity index (χ2v) is 3.82. The Hall–Kier alpha value is 0.310. The van der Waals surface area contributed by atoms with E-state index in [4.69, 9.17) is 0 Å². The van der Waals surface area contributed by atoms with Crippen molar-refractivity contribution in [1.29, 1.82) is 0 Å². The minimum absolute atomic E-state index is 0.00352. The molecule has 1 rings (SSSR count). The van der Waals surface area contributed by atoms with E-state index in [1.54, 1.807) is 0 Å². The van der Waals surface area contributed by atoms with E-state index in [0.717, 1.165) is 18.1 Å². The van der Waals surface area contributed by atoms with Crippen LogP contribution in [0.3, 0.4) is 0 Å². The standard InChI is InChI=1S/C7H14OS/c1-9-7-4-2-3-6(8)5-7/h6-8H,2-5H2,1H3/t6-,7-/m0/s1. The molecule has 1 nitrogen and oxygen atoms in total. The van der Waals surface area contributed by atoms with Gasteiger partial charge < -0.3 is 5.11 Å². The normalized spacial score (nSPS) is 36.7. The highest BCUT2D eigenvalue weighted by Gasteiger charge is 2.18. The number of rotatable bonds is 1. The molecular weight excluding hydrogens is 132 g/mol. The Kier molecular flexibility index (Phi) is 2.86. The molecule has 0 aliphatic heterocycles. The minimum atomic E-state index is -0.00352. The highest BCUT2D eigenvalue weighted by Crippen LogP contribution is 2.26. The van der Waals surface area contributed by atoms with Crippen LogP contribution in [0.1, 0.15) is 25.7 Å². The Bertz CT molecular complexity index is 85.0. The van der Waals surface area contributed by atoms with Crippen LogP contribution < -0.4 is 0 Å². The van der Waals surface area contributed by atoms with Crippen LogP contribution in [-0.4, -0.2) is 22.7 Å². The first-order chi connectivity index (χ1) is 4.33. The van der Waals surface area contributed by atoms with Crippen LogP contribution in [0, 0.1) is 0 Å². The van der Waals surface area contributed by atoms with Gasteiger partial charge in [0.15, 0.2) is 0 Å². The van der Waals surface area contributed by atoms with Crippen LogP contribution in [0.5, 0.6) is 0 Å². The van der Waals surface area contributed by atoms with Crippen LogP contribution in [0.25, 0.3) is 0 Å². The molecule has 0 aromatic carbocycles. The third kappa shape index (κ3) is 2.18. The zero-order valence-electron chi connectivity index (χ0n) is 5.84. The predicted molar refractivity (Wildman–Crippen MR) is 41.8 cm³/mol. The molecule has 0 aromatic rings. The van der Waals surface area contributed by atoms with Crippen LogP contribution in [0.15, 0.2) is 0 Å². The van der Waals surface area contributed by atoms with Crippen molar-refractivity contribution in [2.24, 2.45) is 0 Å². The highest BCUT2D eigenvalue weighted by atomic mass is 32.2. The summed E-state index contributed by atoms with van der Waals surface area (Å²) >= 11 is 1.89. The lowest BCUT2D eigenvalue weighted by atomic mass is 9.97. The molecule has 0 heterocycles. The van der Waals surface area contributed by atoms with Crippen LogP contribution in [-0.2, 0) is 0 Å². The lowest BCUT2D eigenvalue weighted by Crippen LogP contribution is -2.20. The molecular formula is C7H14OS. The summed E-state index contributed by atoms with van der Waals surface area (Å²) in [6.07, 6.45) is 6.68. The van der Waals surface area contributed by atoms with Crippen molar-refractivity contribution in [3.8, 4) is 0 Å². The van der Waals surface area contributed by atoms with Crippen LogP contribution >= 0.6 is 11.8 Å². The molecule has 0 saturated heterocycles. The average Bonchev–Trinajstić information content (AvgIpc) is 1.88. The fraction of sp³-hybridized carbons (Fsp3) is 1.00. The van der Waals surface area contributed by atoms with Gasteiger partial charge in [-0.3, -0.25) is 0 Å². The number of hydrogen-bond acceptors (Lipinski definition) is 2. The predicted octanol–water partition coefficient (Wildman–Crippen LogP) is 1.65. The van der Waals surface area contributed by atoms with E-state index >= 15 is 0 Å². The maximum atomic E-state index is 9.20. The first-order valence-corrected chi connectivity index (χ1v) is 4.82. The Balaban J connectivity index is 2.23. The summed E-state index contributed by atoms with van der Waals surface area (Å²) in [5, 5.41) is 9.93. The third-order valence-corrected chi connectivity index (χ3v) is 3.03. The average molecular weight is 146 g/mol. The maximum absolute atomic E-state index is 9.20. The molecule has 1 fully saturated rings. The summed E-state index contributed by atoms with van der Waals surface area (Å²) in [6, 6.07) is 0. The van der Waals surface area contributed by atoms with Gasteiger partial charge in [-0.05, 0) is 31.9 Å². The van der Waals surface area contributed by atoms with E-state index in [1.807, 2.05) is 11.8 Å². The molecule has 0 bridgehead atoms. The summed E-state index contributed by atoms with van der Waals surface area (Å²) in [7, 11) is 0. The second-order valence-electron chi connectivity index (χ2n) is 2.68. The molecule has 0 radical (unpaired) electrons. The van der Waals surface area contributed by atoms with E-state index in [9.17, 15) is 5.11 Å². The van der Waals surface area contributed by atoms with E-state index in [-0.39, 0.29) is 6.10 Å². The first kappa shape index (κ1) is 7.42. The zero-order valence-corrected chi connectivity index (χ0v) is 6.66. The van der Waals surface area contributed by atoms with Gasteiger partial charge >= 0.3 is 0 Å². The van der Waals surface area contributed by atoms with E-state index in [2.05, 4.69) is 6.26 Å². The summed E-state index contributed by atoms with van der Waals surface area (Å²) in [5.41, 5.74) is 0. The van der Waals surface area contributed by atoms with Crippen molar-refractivity contribution in [3.63, 3.8) is 0 Å². The van der Waals surface area contributed by atoms with Crippen molar-refractivity contribution in [2.45, 2.75) is 37.0 Å². The zero-order chi connectivity index (χ0) is 6.69. The molecule has 0 amide bonds. The van der Waals surface area contributed by atoms with E-state index in [1.165, 1.54) is 12.8 Å². The Labute approximate surface area is 60.8 Å². The van der Waals surface area contributed by atoms with Gasteiger partial charge in [-0.25, -0.2) is 0 Å². The van der Waals surface area contributed by atoms with Crippen molar-refractivity contribution < 1.29 is 5.11 Å². The van der Waals surface area contributed by atoms with Crippen LogP contribution in [0.4, 0.5) is 0 Å². The molecule has 1 saturated carbocycles. The Morgan fingerprint density at radius 3 is 2.67 bits per heavy atom. The molecule has 0 spiro atoms. The van der Waals surface area contributed by atoms with Crippen molar-refractivity contribution in [3.05, 3.63) is 0 Å². The number of thioether (sulfide) groups is 1. The summed E-state index contributed by atoms with van der Waals surface area (Å²) in [6.45, 7) is 0. The Morgan fingerprint density at radius 2 is 2.22 bits per heavy atom. The topological polar surface area (TPSA) is 20.2 Å². The number of hydrogen-bond donors (Lipinski definition) is 1. The first-order valence-electron chi connectivity index (χ1n) is 3.54. The van der Waals surface area contributed by atoms with Gasteiger partial charge in [-0.1, -0.05) is 0 Å². The SMILES string of the molecule is CS[C@H]1CCC[C@H](O)C1. The van der Waals surface area contributed by atoms with Gasteiger partial charge in [0.05, 0.1) is 6.10 Å². The molecule has 54 valence electrons. The molecule has 0 unspecified atom stereocenters. The molecule has 1 aliphatic carbocycles. The molecule has 1 N–H and O–H groups in total. The summed E-state index contributed by atoms with van der Waals surface area (Å²) < 4.78 is 0. The fourth-order valence-corrected chi connectivity index (χ4v) is 2.15. The van der Waals surface area contributed by atoms with E-state index in [0.29, 0.717) is 0 Å². The quantitative estimate of drug-likeness (QED) is 0.607. The Morgan fingerprint density at radius 1 is 1.44 bits per heavy atom. The van der Waals surface area contributed by atoms with Crippen molar-refractivity contribution >= 4 is 11.8 Å². The molecule has 1 aliphatic rings. The number of aliphatic hydroxyl groups is 1. The van der Waals surface area contributed by atoms with Gasteiger partial charge in [0.25, 0.3) is 0 Å². The smallest absolute Gasteiger partial charge is 0.0550 e. The lowest BCUT2D eigenvalue weighted by Gasteiger charge is -2.23. The van der Waals surface area contributed by atoms with Gasteiger partial charge in [0, 0.05) is 5.25 Å². The molecule has 0 aromatic heterocycles. The molecule has 2 atom stereocenters. The molecule has 9 heavy (non-hydrogen) atoms. The maximum Gasteiger partial charge on any atom is 0.0550 e. The highest BCUT2D eigenvalue weighted by molar-refractivity contribution is 7.99.